The number of ether oxygens (including phenoxy) is 1. The SMILES string of the molecule is N#Cc1ccc2c(c1)C(N1CCN(C(=O)O)CC1)C(O)CCO2. The van der Waals surface area contributed by atoms with E-state index < -0.39 is 12.2 Å². The summed E-state index contributed by atoms with van der Waals surface area (Å²) in [5.74, 6) is 0.686. The van der Waals surface area contributed by atoms with E-state index in [9.17, 15) is 9.90 Å². The highest BCUT2D eigenvalue weighted by molar-refractivity contribution is 5.65. The largest absolute Gasteiger partial charge is 0.493 e. The summed E-state index contributed by atoms with van der Waals surface area (Å²) >= 11 is 0. The second-order valence-electron chi connectivity index (χ2n) is 5.82. The lowest BCUT2D eigenvalue weighted by atomic mass is 9.95. The number of nitrogens with zero attached hydrogens (tertiary/aromatic N) is 3. The third-order valence-electron chi connectivity index (χ3n) is 4.47. The van der Waals surface area contributed by atoms with Crippen LogP contribution >= 0.6 is 0 Å². The van der Waals surface area contributed by atoms with Crippen molar-refractivity contribution < 1.29 is 19.7 Å². The predicted molar refractivity (Wildman–Crippen MR) is 81.2 cm³/mol. The summed E-state index contributed by atoms with van der Waals surface area (Å²) in [7, 11) is 0. The molecule has 2 aliphatic heterocycles. The molecule has 1 amide bonds. The van der Waals surface area contributed by atoms with Crippen LogP contribution in [0.2, 0.25) is 0 Å². The monoisotopic (exact) mass is 317 g/mol. The number of benzene rings is 1. The summed E-state index contributed by atoms with van der Waals surface area (Å²) in [4.78, 5) is 14.5. The first-order valence-electron chi connectivity index (χ1n) is 7.67. The van der Waals surface area contributed by atoms with Crippen LogP contribution in [0.1, 0.15) is 23.6 Å². The average molecular weight is 317 g/mol. The molecular weight excluding hydrogens is 298 g/mol. The van der Waals surface area contributed by atoms with E-state index in [1.54, 1.807) is 18.2 Å². The Hall–Kier alpha value is -2.30. The quantitative estimate of drug-likeness (QED) is 0.803. The molecule has 2 aliphatic rings. The van der Waals surface area contributed by atoms with E-state index >= 15 is 0 Å². The van der Waals surface area contributed by atoms with Gasteiger partial charge in [-0.1, -0.05) is 0 Å². The highest BCUT2D eigenvalue weighted by atomic mass is 16.5. The molecule has 7 heteroatoms. The number of amides is 1. The second kappa shape index (κ2) is 6.44. The molecule has 2 heterocycles. The van der Waals surface area contributed by atoms with Crippen LogP contribution in [-0.2, 0) is 0 Å². The van der Waals surface area contributed by atoms with Crippen molar-refractivity contribution in [2.75, 3.05) is 32.8 Å². The number of fused-ring (bicyclic) bond motifs is 1. The molecule has 23 heavy (non-hydrogen) atoms. The number of aliphatic hydroxyl groups excluding tert-OH is 1. The van der Waals surface area contributed by atoms with E-state index in [0.29, 0.717) is 50.5 Å². The van der Waals surface area contributed by atoms with Crippen LogP contribution in [-0.4, -0.2) is 65.0 Å². The molecule has 7 nitrogen and oxygen atoms in total. The van der Waals surface area contributed by atoms with Crippen molar-refractivity contribution in [3.63, 3.8) is 0 Å². The third-order valence-corrected chi connectivity index (χ3v) is 4.47. The fraction of sp³-hybridized carbons (Fsp3) is 0.500. The Morgan fingerprint density at radius 3 is 2.70 bits per heavy atom. The number of carboxylic acid groups (broad SMARTS) is 1. The summed E-state index contributed by atoms with van der Waals surface area (Å²) < 4.78 is 5.70. The standard InChI is InChI=1S/C16H19N3O4/c17-10-11-1-2-14-12(9-11)15(13(20)3-8-23-14)18-4-6-19(7-5-18)16(21)22/h1-2,9,13,15,20H,3-8H2,(H,21,22). The predicted octanol–water partition coefficient (Wildman–Crippen LogP) is 1.04. The van der Waals surface area contributed by atoms with Gasteiger partial charge in [-0.3, -0.25) is 4.90 Å². The highest BCUT2D eigenvalue weighted by Gasteiger charge is 2.35. The van der Waals surface area contributed by atoms with Crippen molar-refractivity contribution in [1.82, 2.24) is 9.80 Å². The fourth-order valence-electron chi connectivity index (χ4n) is 3.27. The van der Waals surface area contributed by atoms with E-state index in [4.69, 9.17) is 15.1 Å². The average Bonchev–Trinajstić information content (AvgIpc) is 2.72. The molecule has 0 aliphatic carbocycles. The van der Waals surface area contributed by atoms with E-state index in [1.165, 1.54) is 4.90 Å². The van der Waals surface area contributed by atoms with E-state index in [2.05, 4.69) is 11.0 Å². The van der Waals surface area contributed by atoms with Gasteiger partial charge in [-0.25, -0.2) is 4.79 Å². The van der Waals surface area contributed by atoms with Crippen LogP contribution in [0.3, 0.4) is 0 Å². The first kappa shape index (κ1) is 15.6. The highest BCUT2D eigenvalue weighted by Crippen LogP contribution is 2.36. The number of hydrogen-bond donors (Lipinski definition) is 2. The van der Waals surface area contributed by atoms with Gasteiger partial charge in [-0.15, -0.1) is 0 Å². The smallest absolute Gasteiger partial charge is 0.407 e. The maximum Gasteiger partial charge on any atom is 0.407 e. The number of nitriles is 1. The van der Waals surface area contributed by atoms with Gasteiger partial charge in [0.2, 0.25) is 0 Å². The first-order valence-corrected chi connectivity index (χ1v) is 7.67. The maximum atomic E-state index is 11.0. The number of piperazine rings is 1. The molecule has 0 bridgehead atoms. The van der Waals surface area contributed by atoms with Crippen LogP contribution in [0, 0.1) is 11.3 Å². The molecule has 0 saturated carbocycles. The normalized spacial score (nSPS) is 25.0. The first-order chi connectivity index (χ1) is 11.1. The van der Waals surface area contributed by atoms with Gasteiger partial charge in [-0.05, 0) is 18.2 Å². The van der Waals surface area contributed by atoms with Crippen LogP contribution < -0.4 is 4.74 Å². The molecule has 1 fully saturated rings. The summed E-state index contributed by atoms with van der Waals surface area (Å²) in [6, 6.07) is 7.07. The molecule has 122 valence electrons. The molecule has 1 saturated heterocycles. The van der Waals surface area contributed by atoms with Crippen molar-refractivity contribution >= 4 is 6.09 Å². The number of hydrogen-bond acceptors (Lipinski definition) is 5. The minimum absolute atomic E-state index is 0.281. The van der Waals surface area contributed by atoms with Gasteiger partial charge in [-0.2, -0.15) is 5.26 Å². The lowest BCUT2D eigenvalue weighted by Gasteiger charge is -2.39. The third kappa shape index (κ3) is 3.09. The number of aliphatic hydroxyl groups is 1. The minimum atomic E-state index is -0.915. The van der Waals surface area contributed by atoms with Gasteiger partial charge in [0.05, 0.1) is 30.4 Å². The van der Waals surface area contributed by atoms with Crippen molar-refractivity contribution in [3.8, 4) is 11.8 Å². The Morgan fingerprint density at radius 2 is 2.04 bits per heavy atom. The van der Waals surface area contributed by atoms with Gasteiger partial charge in [0.15, 0.2) is 0 Å². The Morgan fingerprint density at radius 1 is 1.30 bits per heavy atom. The second-order valence-corrected chi connectivity index (χ2v) is 5.82. The molecule has 2 atom stereocenters. The van der Waals surface area contributed by atoms with E-state index in [1.807, 2.05) is 0 Å². The number of rotatable bonds is 1. The summed E-state index contributed by atoms with van der Waals surface area (Å²) in [6.07, 6.45) is -1.02. The van der Waals surface area contributed by atoms with Crippen LogP contribution in [0.5, 0.6) is 5.75 Å². The minimum Gasteiger partial charge on any atom is -0.493 e. The van der Waals surface area contributed by atoms with Crippen LogP contribution in [0.25, 0.3) is 0 Å². The Bertz CT molecular complexity index is 635. The van der Waals surface area contributed by atoms with Crippen molar-refractivity contribution in [1.29, 1.82) is 5.26 Å². The van der Waals surface area contributed by atoms with Gasteiger partial charge < -0.3 is 19.8 Å². The van der Waals surface area contributed by atoms with Crippen molar-refractivity contribution in [3.05, 3.63) is 29.3 Å². The number of carbonyl (C=O) groups is 1. The van der Waals surface area contributed by atoms with Gasteiger partial charge in [0, 0.05) is 38.2 Å². The van der Waals surface area contributed by atoms with Crippen LogP contribution in [0.15, 0.2) is 18.2 Å². The molecular formula is C16H19N3O4. The van der Waals surface area contributed by atoms with E-state index in [0.717, 1.165) is 5.56 Å². The lowest BCUT2D eigenvalue weighted by Crippen LogP contribution is -2.51. The molecule has 2 N–H and O–H groups in total. The zero-order valence-corrected chi connectivity index (χ0v) is 12.7. The van der Waals surface area contributed by atoms with Gasteiger partial charge in [0.25, 0.3) is 0 Å². The Labute approximate surface area is 134 Å². The lowest BCUT2D eigenvalue weighted by molar-refractivity contribution is 0.0166. The molecule has 0 radical (unpaired) electrons. The summed E-state index contributed by atoms with van der Waals surface area (Å²) in [6.45, 7) is 2.33. The van der Waals surface area contributed by atoms with E-state index in [-0.39, 0.29) is 6.04 Å². The summed E-state index contributed by atoms with van der Waals surface area (Å²) in [5, 5.41) is 28.7. The zero-order chi connectivity index (χ0) is 16.4. The zero-order valence-electron chi connectivity index (χ0n) is 12.7. The molecule has 2 unspecified atom stereocenters. The summed E-state index contributed by atoms with van der Waals surface area (Å²) in [5.41, 5.74) is 1.33. The van der Waals surface area contributed by atoms with Gasteiger partial charge >= 0.3 is 6.09 Å². The maximum absolute atomic E-state index is 11.0. The molecule has 0 spiro atoms. The van der Waals surface area contributed by atoms with Crippen LogP contribution in [0.4, 0.5) is 4.79 Å². The topological polar surface area (TPSA) is 97.0 Å². The molecule has 1 aromatic carbocycles. The fourth-order valence-corrected chi connectivity index (χ4v) is 3.27. The van der Waals surface area contributed by atoms with Crippen molar-refractivity contribution in [2.24, 2.45) is 0 Å². The molecule has 0 aromatic heterocycles. The molecule has 3 rings (SSSR count). The van der Waals surface area contributed by atoms with Gasteiger partial charge in [0.1, 0.15) is 5.75 Å². The Balaban J connectivity index is 1.89. The van der Waals surface area contributed by atoms with Crippen molar-refractivity contribution in [2.45, 2.75) is 18.6 Å². The molecule has 1 aromatic rings. The Kier molecular flexibility index (Phi) is 4.37.